The van der Waals surface area contributed by atoms with Crippen molar-refractivity contribution in [3.05, 3.63) is 48.0 Å². The van der Waals surface area contributed by atoms with Crippen LogP contribution in [0.2, 0.25) is 0 Å². The Morgan fingerprint density at radius 2 is 2.11 bits per heavy atom. The molecule has 2 heterocycles. The van der Waals surface area contributed by atoms with Crippen LogP contribution in [-0.2, 0) is 0 Å². The molecule has 0 amide bonds. The number of aromatic nitrogens is 3. The second kappa shape index (κ2) is 3.80. The van der Waals surface area contributed by atoms with Crippen molar-refractivity contribution in [2.24, 2.45) is 0 Å². The average molecular weight is 242 g/mol. The van der Waals surface area contributed by atoms with Gasteiger partial charge in [-0.1, -0.05) is 12.1 Å². The molecule has 90 valence electrons. The molecule has 0 atom stereocenters. The molecule has 4 nitrogen and oxygen atoms in total. The molecule has 2 aromatic heterocycles. The Hall–Kier alpha value is -2.43. The smallest absolute Gasteiger partial charge is 0.149 e. The summed E-state index contributed by atoms with van der Waals surface area (Å²) in [7, 11) is 0. The van der Waals surface area contributed by atoms with E-state index in [1.54, 1.807) is 35.1 Å². The number of nitrogens with two attached hydrogens (primary N) is 1. The summed E-state index contributed by atoms with van der Waals surface area (Å²) in [6.07, 6.45) is 1.55. The van der Waals surface area contributed by atoms with Crippen LogP contribution in [0, 0.1) is 12.7 Å². The molecule has 3 aromatic rings. The Labute approximate surface area is 103 Å². The van der Waals surface area contributed by atoms with E-state index < -0.39 is 0 Å². The molecule has 0 saturated carbocycles. The fraction of sp³-hybridized carbons (Fsp3) is 0.0769. The van der Waals surface area contributed by atoms with E-state index in [0.717, 1.165) is 11.4 Å². The highest BCUT2D eigenvalue weighted by atomic mass is 19.1. The van der Waals surface area contributed by atoms with Gasteiger partial charge in [0.05, 0.1) is 11.4 Å². The number of fused-ring (bicyclic) bond motifs is 1. The minimum atomic E-state index is -0.350. The van der Waals surface area contributed by atoms with Crippen molar-refractivity contribution in [3.63, 3.8) is 0 Å². The van der Waals surface area contributed by atoms with E-state index in [1.165, 1.54) is 6.07 Å². The van der Waals surface area contributed by atoms with Gasteiger partial charge in [0, 0.05) is 17.6 Å². The minimum Gasteiger partial charge on any atom is -0.384 e. The summed E-state index contributed by atoms with van der Waals surface area (Å²) in [5.74, 6) is 0.168. The molecule has 2 N–H and O–H groups in total. The van der Waals surface area contributed by atoms with Gasteiger partial charge in [-0.25, -0.2) is 9.07 Å². The van der Waals surface area contributed by atoms with Gasteiger partial charge < -0.3 is 5.73 Å². The largest absolute Gasteiger partial charge is 0.384 e. The SMILES string of the molecule is Cc1cc(N)n(-c2ccnc3c(F)cccc23)n1. The lowest BCUT2D eigenvalue weighted by molar-refractivity contribution is 0.636. The van der Waals surface area contributed by atoms with Gasteiger partial charge in [0.25, 0.3) is 0 Å². The van der Waals surface area contributed by atoms with Crippen LogP contribution in [0.4, 0.5) is 10.2 Å². The van der Waals surface area contributed by atoms with Gasteiger partial charge in [-0.2, -0.15) is 5.10 Å². The lowest BCUT2D eigenvalue weighted by atomic mass is 10.2. The zero-order valence-corrected chi connectivity index (χ0v) is 9.76. The molecule has 0 spiro atoms. The number of aryl methyl sites for hydroxylation is 1. The van der Waals surface area contributed by atoms with Gasteiger partial charge >= 0.3 is 0 Å². The summed E-state index contributed by atoms with van der Waals surface area (Å²) < 4.78 is 15.3. The first-order chi connectivity index (χ1) is 8.66. The van der Waals surface area contributed by atoms with Gasteiger partial charge in [0.1, 0.15) is 17.2 Å². The van der Waals surface area contributed by atoms with Crippen molar-refractivity contribution < 1.29 is 4.39 Å². The van der Waals surface area contributed by atoms with Gasteiger partial charge in [0.15, 0.2) is 0 Å². The molecule has 0 radical (unpaired) electrons. The molecule has 0 aliphatic rings. The molecule has 3 rings (SSSR count). The van der Waals surface area contributed by atoms with E-state index in [1.807, 2.05) is 6.92 Å². The first-order valence-corrected chi connectivity index (χ1v) is 5.52. The number of nitrogens with zero attached hydrogens (tertiary/aromatic N) is 3. The van der Waals surface area contributed by atoms with Crippen LogP contribution < -0.4 is 5.73 Å². The number of anilines is 1. The van der Waals surface area contributed by atoms with E-state index in [9.17, 15) is 4.39 Å². The summed E-state index contributed by atoms with van der Waals surface area (Å²) >= 11 is 0. The molecule has 18 heavy (non-hydrogen) atoms. The van der Waals surface area contributed by atoms with E-state index in [4.69, 9.17) is 5.73 Å². The average Bonchev–Trinajstić information content (AvgIpc) is 2.68. The zero-order valence-electron chi connectivity index (χ0n) is 9.76. The Bertz CT molecular complexity index is 733. The minimum absolute atomic E-state index is 0.322. The summed E-state index contributed by atoms with van der Waals surface area (Å²) in [6, 6.07) is 8.37. The zero-order chi connectivity index (χ0) is 12.7. The standard InChI is InChI=1S/C13H11FN4/c1-8-7-12(15)18(17-8)11-5-6-16-13-9(11)3-2-4-10(13)14/h2-7H,15H2,1H3. The second-order valence-corrected chi connectivity index (χ2v) is 4.09. The van der Waals surface area contributed by atoms with Crippen LogP contribution in [-0.4, -0.2) is 14.8 Å². The van der Waals surface area contributed by atoms with Crippen molar-refractivity contribution in [3.8, 4) is 5.69 Å². The highest BCUT2D eigenvalue weighted by Crippen LogP contribution is 2.24. The van der Waals surface area contributed by atoms with Crippen molar-refractivity contribution in [1.82, 2.24) is 14.8 Å². The molecule has 1 aromatic carbocycles. The Morgan fingerprint density at radius 1 is 1.28 bits per heavy atom. The maximum atomic E-state index is 13.7. The summed E-state index contributed by atoms with van der Waals surface area (Å²) in [6.45, 7) is 1.86. The number of hydrogen-bond donors (Lipinski definition) is 1. The molecule has 0 aliphatic heterocycles. The molecule has 0 unspecified atom stereocenters. The molecule has 0 fully saturated rings. The first kappa shape index (κ1) is 10.7. The fourth-order valence-corrected chi connectivity index (χ4v) is 2.02. The number of hydrogen-bond acceptors (Lipinski definition) is 3. The third-order valence-electron chi connectivity index (χ3n) is 2.79. The fourth-order valence-electron chi connectivity index (χ4n) is 2.02. The van der Waals surface area contributed by atoms with Crippen molar-refractivity contribution >= 4 is 16.7 Å². The molecule has 0 saturated heterocycles. The quantitative estimate of drug-likeness (QED) is 0.713. The van der Waals surface area contributed by atoms with Crippen molar-refractivity contribution in [2.75, 3.05) is 5.73 Å². The van der Waals surface area contributed by atoms with Gasteiger partial charge in [-0.15, -0.1) is 0 Å². The highest BCUT2D eigenvalue weighted by molar-refractivity contribution is 5.87. The third-order valence-corrected chi connectivity index (χ3v) is 2.79. The highest BCUT2D eigenvalue weighted by Gasteiger charge is 2.10. The van der Waals surface area contributed by atoms with E-state index in [2.05, 4.69) is 10.1 Å². The third kappa shape index (κ3) is 1.52. The first-order valence-electron chi connectivity index (χ1n) is 5.52. The maximum absolute atomic E-state index is 13.7. The number of pyridine rings is 1. The molecular formula is C13H11FN4. The number of benzene rings is 1. The van der Waals surface area contributed by atoms with Gasteiger partial charge in [0.2, 0.25) is 0 Å². The van der Waals surface area contributed by atoms with E-state index >= 15 is 0 Å². The Balaban J connectivity index is 2.36. The van der Waals surface area contributed by atoms with Crippen LogP contribution in [0.5, 0.6) is 0 Å². The molecular weight excluding hydrogens is 231 g/mol. The molecule has 5 heteroatoms. The summed E-state index contributed by atoms with van der Waals surface area (Å²) in [5, 5.41) is 4.99. The second-order valence-electron chi connectivity index (χ2n) is 4.09. The van der Waals surface area contributed by atoms with Crippen LogP contribution in [0.15, 0.2) is 36.5 Å². The Morgan fingerprint density at radius 3 is 2.83 bits per heavy atom. The lowest BCUT2D eigenvalue weighted by Crippen LogP contribution is -2.03. The molecule has 0 aliphatic carbocycles. The summed E-state index contributed by atoms with van der Waals surface area (Å²) in [5.41, 5.74) is 7.75. The normalized spacial score (nSPS) is 11.0. The van der Waals surface area contributed by atoms with Crippen LogP contribution in [0.1, 0.15) is 5.69 Å². The maximum Gasteiger partial charge on any atom is 0.149 e. The molecule has 0 bridgehead atoms. The van der Waals surface area contributed by atoms with Crippen molar-refractivity contribution in [1.29, 1.82) is 0 Å². The predicted molar refractivity (Wildman–Crippen MR) is 68.0 cm³/mol. The number of para-hydroxylation sites is 1. The van der Waals surface area contributed by atoms with E-state index in [0.29, 0.717) is 16.7 Å². The van der Waals surface area contributed by atoms with Crippen LogP contribution >= 0.6 is 0 Å². The number of rotatable bonds is 1. The lowest BCUT2D eigenvalue weighted by Gasteiger charge is -2.07. The van der Waals surface area contributed by atoms with E-state index in [-0.39, 0.29) is 5.82 Å². The predicted octanol–water partition coefficient (Wildman–Crippen LogP) is 2.45. The van der Waals surface area contributed by atoms with Crippen molar-refractivity contribution in [2.45, 2.75) is 6.92 Å². The Kier molecular flexibility index (Phi) is 2.26. The van der Waals surface area contributed by atoms with Crippen LogP contribution in [0.25, 0.3) is 16.6 Å². The topological polar surface area (TPSA) is 56.7 Å². The number of halogens is 1. The van der Waals surface area contributed by atoms with Gasteiger partial charge in [-0.3, -0.25) is 4.98 Å². The number of nitrogen functional groups attached to an aromatic ring is 1. The monoisotopic (exact) mass is 242 g/mol. The van der Waals surface area contributed by atoms with Gasteiger partial charge in [-0.05, 0) is 19.1 Å². The summed E-state index contributed by atoms with van der Waals surface area (Å²) in [4.78, 5) is 4.05. The van der Waals surface area contributed by atoms with Crippen LogP contribution in [0.3, 0.4) is 0 Å².